The molecule has 2 rings (SSSR count). The first-order valence-electron chi connectivity index (χ1n) is 11.3. The van der Waals surface area contributed by atoms with Crippen LogP contribution in [-0.4, -0.2) is 22.5 Å². The van der Waals surface area contributed by atoms with E-state index in [0.29, 0.717) is 5.38 Å². The lowest BCUT2D eigenvalue weighted by Gasteiger charge is -2.11. The zero-order chi connectivity index (χ0) is 20.9. The molecule has 2 aliphatic rings. The van der Waals surface area contributed by atoms with E-state index in [9.17, 15) is 0 Å². The maximum absolute atomic E-state index is 8.32. The summed E-state index contributed by atoms with van der Waals surface area (Å²) >= 11 is 5.73. The van der Waals surface area contributed by atoms with Gasteiger partial charge in [0.2, 0.25) is 0 Å². The quantitative estimate of drug-likeness (QED) is 0.193. The van der Waals surface area contributed by atoms with Crippen molar-refractivity contribution in [1.29, 1.82) is 0 Å². The van der Waals surface area contributed by atoms with Gasteiger partial charge in [-0.1, -0.05) is 88.0 Å². The monoisotopic (exact) mass is 408 g/mol. The van der Waals surface area contributed by atoms with Crippen LogP contribution in [0.5, 0.6) is 0 Å². The molecule has 0 fully saturated rings. The van der Waals surface area contributed by atoms with E-state index in [1.165, 1.54) is 57.3 Å². The summed E-state index contributed by atoms with van der Waals surface area (Å²) in [5, 5.41) is 17.0. The molecule has 0 saturated carbocycles. The molecular weight excluding hydrogens is 367 g/mol. The number of hydrogen-bond donors (Lipinski definition) is 2. The SMILES string of the molecule is CCCC/C=C/B(O)O.CCCC/C=C/[C@H]1C=CCCC1.ClC1C=CCCC1. The van der Waals surface area contributed by atoms with Gasteiger partial charge in [-0.15, -0.1) is 11.6 Å². The van der Waals surface area contributed by atoms with Crippen molar-refractivity contribution in [3.8, 4) is 0 Å². The Morgan fingerprint density at radius 3 is 1.96 bits per heavy atom. The minimum absolute atomic E-state index is 0.328. The Balaban J connectivity index is 0.000000406. The van der Waals surface area contributed by atoms with E-state index in [4.69, 9.17) is 21.6 Å². The summed E-state index contributed by atoms with van der Waals surface area (Å²) in [6.45, 7) is 4.34. The molecule has 0 bridgehead atoms. The maximum atomic E-state index is 8.32. The third-order valence-corrected chi connectivity index (χ3v) is 4.99. The van der Waals surface area contributed by atoms with Gasteiger partial charge < -0.3 is 10.0 Å². The first kappa shape index (κ1) is 27.2. The Labute approximate surface area is 179 Å². The molecule has 0 aromatic carbocycles. The standard InChI is InChI=1S/C12H20.C6H13BO2.C6H9Cl/c1-2-3-4-6-9-12-10-7-5-8-11-12;1-2-3-4-5-6-7(8)9;7-6-4-2-1-3-5-6/h6-7,9-10,12H,2-5,8,11H2,1H3;5-6,8-9H,2-4H2,1H3;2,4,6H,1,3,5H2/b9-6+;6-5+;/t12-;;/m0../s1. The average molecular weight is 409 g/mol. The molecule has 2 atom stereocenters. The molecule has 1 unspecified atom stereocenters. The van der Waals surface area contributed by atoms with Crippen LogP contribution in [0.4, 0.5) is 0 Å². The minimum atomic E-state index is -1.28. The van der Waals surface area contributed by atoms with Crippen LogP contribution in [0.1, 0.15) is 90.9 Å². The third-order valence-electron chi connectivity index (χ3n) is 4.63. The molecular formula is C24H42BClO2. The van der Waals surface area contributed by atoms with Gasteiger partial charge in [-0.25, -0.2) is 0 Å². The molecule has 2 aliphatic carbocycles. The first-order chi connectivity index (χ1) is 13.6. The number of hydrogen-bond acceptors (Lipinski definition) is 2. The summed E-state index contributed by atoms with van der Waals surface area (Å²) in [5.41, 5.74) is 0. The Bertz CT molecular complexity index is 444. The third kappa shape index (κ3) is 20.0. The number of alkyl halides is 1. The van der Waals surface area contributed by atoms with Crippen molar-refractivity contribution in [3.63, 3.8) is 0 Å². The van der Waals surface area contributed by atoms with Crippen LogP contribution in [0.3, 0.4) is 0 Å². The second-order valence-electron chi connectivity index (χ2n) is 7.45. The smallest absolute Gasteiger partial charge is 0.424 e. The minimum Gasteiger partial charge on any atom is -0.424 e. The summed E-state index contributed by atoms with van der Waals surface area (Å²) in [6, 6.07) is 0. The molecule has 2 N–H and O–H groups in total. The van der Waals surface area contributed by atoms with Crippen molar-refractivity contribution < 1.29 is 10.0 Å². The van der Waals surface area contributed by atoms with Gasteiger partial charge in [0.25, 0.3) is 0 Å². The van der Waals surface area contributed by atoms with Crippen LogP contribution in [0.2, 0.25) is 0 Å². The van der Waals surface area contributed by atoms with Crippen molar-refractivity contribution in [2.45, 2.75) is 96.3 Å². The van der Waals surface area contributed by atoms with Gasteiger partial charge in [-0.2, -0.15) is 0 Å². The van der Waals surface area contributed by atoms with Gasteiger partial charge in [0.1, 0.15) is 0 Å². The predicted octanol–water partition coefficient (Wildman–Crippen LogP) is 7.17. The summed E-state index contributed by atoms with van der Waals surface area (Å²) in [5.74, 6) is 2.13. The fourth-order valence-corrected chi connectivity index (χ4v) is 3.16. The van der Waals surface area contributed by atoms with Gasteiger partial charge in [-0.05, 0) is 57.3 Å². The fourth-order valence-electron chi connectivity index (χ4n) is 2.90. The van der Waals surface area contributed by atoms with E-state index < -0.39 is 7.12 Å². The van der Waals surface area contributed by atoms with Crippen molar-refractivity contribution in [1.82, 2.24) is 0 Å². The molecule has 0 aromatic heterocycles. The molecule has 0 aromatic rings. The van der Waals surface area contributed by atoms with Gasteiger partial charge in [0.05, 0.1) is 5.38 Å². The predicted molar refractivity (Wildman–Crippen MR) is 127 cm³/mol. The lowest BCUT2D eigenvalue weighted by Crippen LogP contribution is -2.05. The zero-order valence-corrected chi connectivity index (χ0v) is 18.9. The van der Waals surface area contributed by atoms with E-state index in [0.717, 1.165) is 31.6 Å². The van der Waals surface area contributed by atoms with Crippen molar-refractivity contribution in [3.05, 3.63) is 48.5 Å². The van der Waals surface area contributed by atoms with Gasteiger partial charge in [0.15, 0.2) is 0 Å². The summed E-state index contributed by atoms with van der Waals surface area (Å²) < 4.78 is 0. The molecule has 4 heteroatoms. The van der Waals surface area contributed by atoms with E-state index in [1.807, 2.05) is 0 Å². The maximum Gasteiger partial charge on any atom is 0.480 e. The molecule has 0 heterocycles. The van der Waals surface area contributed by atoms with E-state index in [1.54, 1.807) is 6.08 Å². The topological polar surface area (TPSA) is 40.5 Å². The van der Waals surface area contributed by atoms with E-state index in [-0.39, 0.29) is 0 Å². The summed E-state index contributed by atoms with van der Waals surface area (Å²) in [7, 11) is -1.28. The Morgan fingerprint density at radius 2 is 1.54 bits per heavy atom. The van der Waals surface area contributed by atoms with Crippen LogP contribution in [0.25, 0.3) is 0 Å². The van der Waals surface area contributed by atoms with Gasteiger partial charge >= 0.3 is 7.12 Å². The lowest BCUT2D eigenvalue weighted by atomic mass is 9.91. The average Bonchev–Trinajstić information content (AvgIpc) is 2.71. The van der Waals surface area contributed by atoms with E-state index >= 15 is 0 Å². The van der Waals surface area contributed by atoms with E-state index in [2.05, 4.69) is 50.3 Å². The molecule has 160 valence electrons. The highest BCUT2D eigenvalue weighted by molar-refractivity contribution is 6.47. The first-order valence-corrected chi connectivity index (χ1v) is 11.7. The van der Waals surface area contributed by atoms with Crippen LogP contribution >= 0.6 is 11.6 Å². The normalized spacial score (nSPS) is 21.2. The van der Waals surface area contributed by atoms with Crippen LogP contribution < -0.4 is 0 Å². The molecule has 2 nitrogen and oxygen atoms in total. The Morgan fingerprint density at radius 1 is 0.929 bits per heavy atom. The molecule has 0 aliphatic heterocycles. The fraction of sp³-hybridized carbons (Fsp3) is 0.667. The molecule has 0 spiro atoms. The van der Waals surface area contributed by atoms with Crippen molar-refractivity contribution in [2.24, 2.45) is 5.92 Å². The van der Waals surface area contributed by atoms with Crippen molar-refractivity contribution >= 4 is 18.7 Å². The van der Waals surface area contributed by atoms with Gasteiger partial charge in [-0.3, -0.25) is 0 Å². The molecule has 0 saturated heterocycles. The zero-order valence-electron chi connectivity index (χ0n) is 18.1. The second-order valence-corrected chi connectivity index (χ2v) is 8.01. The number of unbranched alkanes of at least 4 members (excludes halogenated alkanes) is 4. The van der Waals surface area contributed by atoms with Gasteiger partial charge in [0, 0.05) is 0 Å². The lowest BCUT2D eigenvalue weighted by molar-refractivity contribution is 0.424. The molecule has 0 radical (unpaired) electrons. The van der Waals surface area contributed by atoms with Crippen molar-refractivity contribution in [2.75, 3.05) is 0 Å². The number of halogens is 1. The highest BCUT2D eigenvalue weighted by Crippen LogP contribution is 2.18. The summed E-state index contributed by atoms with van der Waals surface area (Å²) in [4.78, 5) is 0. The number of allylic oxidation sites excluding steroid dienone is 7. The van der Waals surface area contributed by atoms with Crippen LogP contribution in [0.15, 0.2) is 48.5 Å². The Hall–Kier alpha value is -0.765. The summed E-state index contributed by atoms with van der Waals surface area (Å²) in [6.07, 6.45) is 30.2. The second kappa shape index (κ2) is 21.0. The van der Waals surface area contributed by atoms with Crippen LogP contribution in [0, 0.1) is 5.92 Å². The highest BCUT2D eigenvalue weighted by Gasteiger charge is 2.03. The van der Waals surface area contributed by atoms with Crippen LogP contribution in [-0.2, 0) is 0 Å². The number of rotatable bonds is 8. The highest BCUT2D eigenvalue weighted by atomic mass is 35.5. The molecule has 0 amide bonds. The Kier molecular flexibility index (Phi) is 20.4. The molecule has 28 heavy (non-hydrogen) atoms. The largest absolute Gasteiger partial charge is 0.480 e.